The molecule has 1 heterocycles. The molecule has 0 aliphatic rings. The van der Waals surface area contributed by atoms with Crippen molar-refractivity contribution in [1.29, 1.82) is 0 Å². The lowest BCUT2D eigenvalue weighted by molar-refractivity contribution is -0.133. The van der Waals surface area contributed by atoms with Crippen molar-refractivity contribution in [2.45, 2.75) is 44.8 Å². The molecule has 0 bridgehead atoms. The van der Waals surface area contributed by atoms with Gasteiger partial charge < -0.3 is 9.67 Å². The number of thioether (sulfide) groups is 1. The molecule has 1 rings (SSSR count). The van der Waals surface area contributed by atoms with Crippen molar-refractivity contribution in [1.82, 2.24) is 14.8 Å². The van der Waals surface area contributed by atoms with Gasteiger partial charge in [0, 0.05) is 12.5 Å². The monoisotopic (exact) mass is 243 g/mol. The summed E-state index contributed by atoms with van der Waals surface area (Å²) in [7, 11) is 0. The Morgan fingerprint density at radius 3 is 2.69 bits per heavy atom. The van der Waals surface area contributed by atoms with Gasteiger partial charge >= 0.3 is 5.97 Å². The van der Waals surface area contributed by atoms with Crippen LogP contribution in [0.3, 0.4) is 0 Å². The van der Waals surface area contributed by atoms with Gasteiger partial charge in [-0.3, -0.25) is 4.79 Å². The minimum absolute atomic E-state index is 0.0277. The van der Waals surface area contributed by atoms with Crippen molar-refractivity contribution in [3.05, 3.63) is 5.82 Å². The largest absolute Gasteiger partial charge is 0.481 e. The molecule has 0 amide bonds. The summed E-state index contributed by atoms with van der Waals surface area (Å²) < 4.78 is 2.01. The lowest BCUT2D eigenvalue weighted by Crippen LogP contribution is -2.07. The van der Waals surface area contributed by atoms with E-state index in [1.807, 2.05) is 4.57 Å². The smallest absolute Gasteiger partial charge is 0.313 e. The SMILES string of the molecule is CCCn1c(SCC(=O)O)nnc1C(C)C. The van der Waals surface area contributed by atoms with E-state index in [0.717, 1.165) is 18.8 Å². The predicted molar refractivity (Wildman–Crippen MR) is 62.8 cm³/mol. The van der Waals surface area contributed by atoms with Crippen molar-refractivity contribution in [2.75, 3.05) is 5.75 Å². The van der Waals surface area contributed by atoms with Crippen LogP contribution in [0.4, 0.5) is 0 Å². The quantitative estimate of drug-likeness (QED) is 0.774. The maximum atomic E-state index is 10.5. The van der Waals surface area contributed by atoms with Crippen molar-refractivity contribution >= 4 is 17.7 Å². The highest BCUT2D eigenvalue weighted by Crippen LogP contribution is 2.21. The molecule has 0 aliphatic heterocycles. The summed E-state index contributed by atoms with van der Waals surface area (Å²) in [6.45, 7) is 7.03. The zero-order valence-corrected chi connectivity index (χ0v) is 10.6. The maximum Gasteiger partial charge on any atom is 0.313 e. The Bertz CT molecular complexity index is 363. The Labute approximate surface area is 99.3 Å². The normalized spacial score (nSPS) is 11.0. The molecule has 1 aromatic heterocycles. The van der Waals surface area contributed by atoms with Crippen LogP contribution in [0.1, 0.15) is 38.9 Å². The first-order valence-corrected chi connectivity index (χ1v) is 6.32. The zero-order chi connectivity index (χ0) is 12.1. The molecule has 0 saturated heterocycles. The van der Waals surface area contributed by atoms with E-state index in [1.165, 1.54) is 11.8 Å². The van der Waals surface area contributed by atoms with Crippen molar-refractivity contribution < 1.29 is 9.90 Å². The van der Waals surface area contributed by atoms with E-state index in [1.54, 1.807) is 0 Å². The Morgan fingerprint density at radius 1 is 1.50 bits per heavy atom. The summed E-state index contributed by atoms with van der Waals surface area (Å²) in [5.74, 6) is 0.426. The van der Waals surface area contributed by atoms with E-state index >= 15 is 0 Å². The van der Waals surface area contributed by atoms with E-state index in [9.17, 15) is 4.79 Å². The van der Waals surface area contributed by atoms with Gasteiger partial charge in [0.15, 0.2) is 5.16 Å². The number of carbonyl (C=O) groups is 1. The second-order valence-electron chi connectivity index (χ2n) is 3.83. The van der Waals surface area contributed by atoms with E-state index < -0.39 is 5.97 Å². The molecule has 5 nitrogen and oxygen atoms in total. The van der Waals surface area contributed by atoms with Crippen LogP contribution in [0.25, 0.3) is 0 Å². The van der Waals surface area contributed by atoms with Crippen molar-refractivity contribution in [3.8, 4) is 0 Å². The molecule has 0 radical (unpaired) electrons. The van der Waals surface area contributed by atoms with Crippen LogP contribution in [-0.4, -0.2) is 31.6 Å². The molecule has 6 heteroatoms. The van der Waals surface area contributed by atoms with Crippen LogP contribution in [-0.2, 0) is 11.3 Å². The third-order valence-corrected chi connectivity index (χ3v) is 2.99. The number of hydrogen-bond acceptors (Lipinski definition) is 4. The Balaban J connectivity index is 2.86. The fraction of sp³-hybridized carbons (Fsp3) is 0.700. The summed E-state index contributed by atoms with van der Waals surface area (Å²) >= 11 is 1.22. The average Bonchev–Trinajstić information content (AvgIpc) is 2.59. The second kappa shape index (κ2) is 5.89. The van der Waals surface area contributed by atoms with Gasteiger partial charge in [-0.05, 0) is 6.42 Å². The highest BCUT2D eigenvalue weighted by molar-refractivity contribution is 7.99. The first-order valence-electron chi connectivity index (χ1n) is 5.34. The average molecular weight is 243 g/mol. The van der Waals surface area contributed by atoms with Gasteiger partial charge in [0.25, 0.3) is 0 Å². The van der Waals surface area contributed by atoms with Crippen LogP contribution >= 0.6 is 11.8 Å². The molecule has 0 spiro atoms. The third-order valence-electron chi connectivity index (χ3n) is 2.03. The maximum absolute atomic E-state index is 10.5. The topological polar surface area (TPSA) is 68.0 Å². The van der Waals surface area contributed by atoms with Gasteiger partial charge in [-0.1, -0.05) is 32.5 Å². The number of rotatable bonds is 6. The van der Waals surface area contributed by atoms with Gasteiger partial charge in [-0.15, -0.1) is 10.2 Å². The summed E-state index contributed by atoms with van der Waals surface area (Å²) in [4.78, 5) is 10.5. The molecular weight excluding hydrogens is 226 g/mol. The molecule has 16 heavy (non-hydrogen) atoms. The number of aliphatic carboxylic acids is 1. The van der Waals surface area contributed by atoms with E-state index in [0.29, 0.717) is 11.1 Å². The molecule has 0 aromatic carbocycles. The molecule has 1 aromatic rings. The minimum atomic E-state index is -0.831. The number of carboxylic acid groups (broad SMARTS) is 1. The molecule has 90 valence electrons. The molecule has 0 saturated carbocycles. The first kappa shape index (κ1) is 13.0. The van der Waals surface area contributed by atoms with Crippen LogP contribution < -0.4 is 0 Å². The van der Waals surface area contributed by atoms with E-state index in [2.05, 4.69) is 31.0 Å². The van der Waals surface area contributed by atoms with Gasteiger partial charge in [-0.2, -0.15) is 0 Å². The summed E-state index contributed by atoms with van der Waals surface area (Å²) in [6, 6.07) is 0. The summed E-state index contributed by atoms with van der Waals surface area (Å²) in [6.07, 6.45) is 0.985. The third kappa shape index (κ3) is 3.23. The molecule has 1 N–H and O–H groups in total. The Morgan fingerprint density at radius 2 is 2.19 bits per heavy atom. The predicted octanol–water partition coefficient (Wildman–Crippen LogP) is 1.99. The fourth-order valence-electron chi connectivity index (χ4n) is 1.39. The lowest BCUT2D eigenvalue weighted by Gasteiger charge is -2.09. The first-order chi connectivity index (χ1) is 7.56. The van der Waals surface area contributed by atoms with Crippen LogP contribution in [0.2, 0.25) is 0 Å². The minimum Gasteiger partial charge on any atom is -0.481 e. The van der Waals surface area contributed by atoms with Gasteiger partial charge in [0.1, 0.15) is 5.82 Å². The Kier molecular flexibility index (Phi) is 4.79. The molecule has 0 fully saturated rings. The van der Waals surface area contributed by atoms with Crippen molar-refractivity contribution in [2.24, 2.45) is 0 Å². The van der Waals surface area contributed by atoms with E-state index in [-0.39, 0.29) is 5.75 Å². The van der Waals surface area contributed by atoms with Gasteiger partial charge in [0.2, 0.25) is 0 Å². The molecule has 0 atom stereocenters. The van der Waals surface area contributed by atoms with Crippen LogP contribution in [0, 0.1) is 0 Å². The van der Waals surface area contributed by atoms with Crippen LogP contribution in [0.5, 0.6) is 0 Å². The van der Waals surface area contributed by atoms with Crippen LogP contribution in [0.15, 0.2) is 5.16 Å². The summed E-state index contributed by atoms with van der Waals surface area (Å²) in [5.41, 5.74) is 0. The highest BCUT2D eigenvalue weighted by atomic mass is 32.2. The summed E-state index contributed by atoms with van der Waals surface area (Å²) in [5, 5.41) is 17.5. The Hall–Kier alpha value is -1.04. The molecule has 0 unspecified atom stereocenters. The van der Waals surface area contributed by atoms with Gasteiger partial charge in [-0.25, -0.2) is 0 Å². The fourth-order valence-corrected chi connectivity index (χ4v) is 2.09. The molecule has 0 aliphatic carbocycles. The van der Waals surface area contributed by atoms with Gasteiger partial charge in [0.05, 0.1) is 5.75 Å². The number of carboxylic acids is 1. The number of nitrogens with zero attached hydrogens (tertiary/aromatic N) is 3. The number of hydrogen-bond donors (Lipinski definition) is 1. The van der Waals surface area contributed by atoms with E-state index in [4.69, 9.17) is 5.11 Å². The number of aromatic nitrogens is 3. The highest BCUT2D eigenvalue weighted by Gasteiger charge is 2.15. The standard InChI is InChI=1S/C10H17N3O2S/c1-4-5-13-9(7(2)3)11-12-10(13)16-6-8(14)15/h7H,4-6H2,1-3H3,(H,14,15). The van der Waals surface area contributed by atoms with Crippen molar-refractivity contribution in [3.63, 3.8) is 0 Å². The molecular formula is C10H17N3O2S. The second-order valence-corrected chi connectivity index (χ2v) is 4.77. The lowest BCUT2D eigenvalue weighted by atomic mass is 10.2. The zero-order valence-electron chi connectivity index (χ0n) is 9.80.